The van der Waals surface area contributed by atoms with Gasteiger partial charge in [0, 0.05) is 29.4 Å². The van der Waals surface area contributed by atoms with E-state index in [2.05, 4.69) is 10.0 Å². The number of sulfonamides is 1. The summed E-state index contributed by atoms with van der Waals surface area (Å²) in [6, 6.07) is 15.8. The van der Waals surface area contributed by atoms with E-state index >= 15 is 0 Å². The topological polar surface area (TPSA) is 106 Å². The van der Waals surface area contributed by atoms with Crippen molar-refractivity contribution in [3.8, 4) is 5.75 Å². The predicted octanol–water partition coefficient (Wildman–Crippen LogP) is 5.40. The van der Waals surface area contributed by atoms with Gasteiger partial charge in [-0.3, -0.25) is 9.59 Å². The summed E-state index contributed by atoms with van der Waals surface area (Å²) in [5.41, 5.74) is 2.70. The molecule has 0 aliphatic heterocycles. The summed E-state index contributed by atoms with van der Waals surface area (Å²) >= 11 is 1.04. The van der Waals surface area contributed by atoms with Crippen LogP contribution in [0, 0.1) is 5.92 Å². The highest BCUT2D eigenvalue weighted by Gasteiger charge is 2.21. The minimum Gasteiger partial charge on any atom is -0.496 e. The smallest absolute Gasteiger partial charge is 0.273 e. The molecular weight excluding hydrogens is 522 g/mol. The lowest BCUT2D eigenvalue weighted by atomic mass is 10.0. The van der Waals surface area contributed by atoms with Crippen molar-refractivity contribution in [3.63, 3.8) is 0 Å². The van der Waals surface area contributed by atoms with Gasteiger partial charge in [0.25, 0.3) is 15.9 Å². The normalized spacial score (nSPS) is 14.0. The number of thiophene rings is 1. The maximum atomic E-state index is 12.7. The minimum absolute atomic E-state index is 0.0472. The van der Waals surface area contributed by atoms with E-state index in [9.17, 15) is 18.0 Å². The zero-order valence-electron chi connectivity index (χ0n) is 21.0. The van der Waals surface area contributed by atoms with Crippen molar-refractivity contribution in [2.24, 2.45) is 5.92 Å². The second-order valence-electron chi connectivity index (χ2n) is 9.51. The van der Waals surface area contributed by atoms with Crippen LogP contribution in [0.5, 0.6) is 5.75 Å². The van der Waals surface area contributed by atoms with Crippen molar-refractivity contribution >= 4 is 49.8 Å². The number of carbonyl (C=O) groups excluding carboxylic acids is 2. The zero-order valence-corrected chi connectivity index (χ0v) is 22.6. The fraction of sp³-hybridized carbons (Fsp3) is 0.286. The summed E-state index contributed by atoms with van der Waals surface area (Å²) in [6.07, 6.45) is 7.19. The van der Waals surface area contributed by atoms with Crippen LogP contribution in [0.3, 0.4) is 0 Å². The fourth-order valence-electron chi connectivity index (χ4n) is 4.94. The number of benzene rings is 2. The minimum atomic E-state index is -3.94. The first-order chi connectivity index (χ1) is 18.3. The third-order valence-electron chi connectivity index (χ3n) is 6.88. The second-order valence-corrected chi connectivity index (χ2v) is 12.4. The van der Waals surface area contributed by atoms with Gasteiger partial charge in [-0.1, -0.05) is 31.0 Å². The first kappa shape index (κ1) is 26.0. The lowest BCUT2D eigenvalue weighted by Gasteiger charge is -2.13. The van der Waals surface area contributed by atoms with Gasteiger partial charge in [0.2, 0.25) is 5.91 Å². The number of fused-ring (bicyclic) bond motifs is 1. The van der Waals surface area contributed by atoms with Gasteiger partial charge in [-0.05, 0) is 65.9 Å². The molecule has 0 saturated heterocycles. The molecule has 10 heteroatoms. The molecule has 0 bridgehead atoms. The number of hydrogen-bond donors (Lipinski definition) is 2. The Bertz CT molecular complexity index is 1570. The second kappa shape index (κ2) is 11.0. The molecule has 1 fully saturated rings. The lowest BCUT2D eigenvalue weighted by Crippen LogP contribution is -2.30. The molecule has 0 unspecified atom stereocenters. The van der Waals surface area contributed by atoms with Gasteiger partial charge in [0.05, 0.1) is 19.2 Å². The molecule has 0 spiro atoms. The number of amides is 2. The summed E-state index contributed by atoms with van der Waals surface area (Å²) in [4.78, 5) is 25.2. The predicted molar refractivity (Wildman–Crippen MR) is 148 cm³/mol. The summed E-state index contributed by atoms with van der Waals surface area (Å²) in [5.74, 6) is 0.267. The molecule has 2 heterocycles. The van der Waals surface area contributed by atoms with Crippen LogP contribution < -0.4 is 14.8 Å². The Kier molecular flexibility index (Phi) is 7.53. The molecule has 5 rings (SSSR count). The SMILES string of the molecule is COc1cc(C(=O)NS(=O)(=O)c2cccs2)ccc1Cn1ccc2ccc(NC(=O)CC3CCCC3)cc21. The molecule has 4 aromatic rings. The molecule has 2 amide bonds. The lowest BCUT2D eigenvalue weighted by molar-refractivity contribution is -0.117. The van der Waals surface area contributed by atoms with Crippen molar-refractivity contribution in [2.75, 3.05) is 12.4 Å². The molecule has 0 atom stereocenters. The Morgan fingerprint density at radius 3 is 2.63 bits per heavy atom. The maximum absolute atomic E-state index is 12.7. The molecule has 1 aliphatic rings. The Labute approximate surface area is 225 Å². The Morgan fingerprint density at radius 1 is 1.08 bits per heavy atom. The van der Waals surface area contributed by atoms with Crippen molar-refractivity contribution in [1.29, 1.82) is 0 Å². The standard InChI is InChI=1S/C28H29N3O5S2/c1-36-25-16-21(28(33)30-38(34,35)27-7-4-14-37-27)8-9-22(25)18-31-13-12-20-10-11-23(17-24(20)31)29-26(32)15-19-5-2-3-6-19/h4,7-14,16-17,19H,2-3,5-6,15,18H2,1H3,(H,29,32)(H,30,33). The van der Waals surface area contributed by atoms with Crippen molar-refractivity contribution in [2.45, 2.75) is 42.9 Å². The highest BCUT2D eigenvalue weighted by molar-refractivity contribution is 7.92. The van der Waals surface area contributed by atoms with Crippen LogP contribution in [-0.2, 0) is 21.4 Å². The highest BCUT2D eigenvalue weighted by Crippen LogP contribution is 2.29. The van der Waals surface area contributed by atoms with Gasteiger partial charge in [-0.15, -0.1) is 11.3 Å². The van der Waals surface area contributed by atoms with Gasteiger partial charge in [-0.25, -0.2) is 13.1 Å². The molecule has 1 saturated carbocycles. The average Bonchev–Trinajstić information content (AvgIpc) is 3.67. The maximum Gasteiger partial charge on any atom is 0.273 e. The van der Waals surface area contributed by atoms with E-state index in [1.165, 1.54) is 32.1 Å². The van der Waals surface area contributed by atoms with E-state index in [1.54, 1.807) is 23.6 Å². The van der Waals surface area contributed by atoms with Gasteiger partial charge >= 0.3 is 0 Å². The number of ether oxygens (including phenoxy) is 1. The number of rotatable bonds is 9. The molecule has 2 aromatic carbocycles. The van der Waals surface area contributed by atoms with Crippen molar-refractivity contribution in [1.82, 2.24) is 9.29 Å². The van der Waals surface area contributed by atoms with Crippen LogP contribution in [0.4, 0.5) is 5.69 Å². The summed E-state index contributed by atoms with van der Waals surface area (Å²) in [5, 5.41) is 5.71. The molecule has 2 N–H and O–H groups in total. The van der Waals surface area contributed by atoms with Gasteiger partial charge < -0.3 is 14.6 Å². The van der Waals surface area contributed by atoms with Crippen LogP contribution in [0.2, 0.25) is 0 Å². The summed E-state index contributed by atoms with van der Waals surface area (Å²) in [7, 11) is -2.43. The van der Waals surface area contributed by atoms with E-state index in [0.717, 1.165) is 46.3 Å². The number of nitrogens with one attached hydrogen (secondary N) is 2. The number of aromatic nitrogens is 1. The Balaban J connectivity index is 1.32. The first-order valence-corrected chi connectivity index (χ1v) is 14.8. The number of methoxy groups -OCH3 is 1. The van der Waals surface area contributed by atoms with Gasteiger partial charge in [0.15, 0.2) is 0 Å². The summed E-state index contributed by atoms with van der Waals surface area (Å²) in [6.45, 7) is 0.460. The van der Waals surface area contributed by atoms with E-state index in [0.29, 0.717) is 24.6 Å². The summed E-state index contributed by atoms with van der Waals surface area (Å²) < 4.78 is 34.6. The van der Waals surface area contributed by atoms with E-state index < -0.39 is 15.9 Å². The zero-order chi connectivity index (χ0) is 26.7. The van der Waals surface area contributed by atoms with Crippen LogP contribution in [-0.4, -0.2) is 31.9 Å². The van der Waals surface area contributed by atoms with Crippen molar-refractivity contribution in [3.05, 3.63) is 77.3 Å². The Hall–Kier alpha value is -3.63. The Morgan fingerprint density at radius 2 is 1.89 bits per heavy atom. The number of anilines is 1. The van der Waals surface area contributed by atoms with Crippen LogP contribution >= 0.6 is 11.3 Å². The molecule has 38 heavy (non-hydrogen) atoms. The molecule has 0 radical (unpaired) electrons. The quantitative estimate of drug-likeness (QED) is 0.290. The third-order valence-corrected chi connectivity index (χ3v) is 9.61. The van der Waals surface area contributed by atoms with E-state index in [1.807, 2.05) is 35.0 Å². The number of nitrogens with zero attached hydrogens (tertiary/aromatic N) is 1. The first-order valence-electron chi connectivity index (χ1n) is 12.5. The van der Waals surface area contributed by atoms with Crippen LogP contribution in [0.25, 0.3) is 10.9 Å². The monoisotopic (exact) mass is 551 g/mol. The molecule has 198 valence electrons. The highest BCUT2D eigenvalue weighted by atomic mass is 32.2. The average molecular weight is 552 g/mol. The van der Waals surface area contributed by atoms with Gasteiger partial charge in [-0.2, -0.15) is 0 Å². The fourth-order valence-corrected chi connectivity index (χ4v) is 6.90. The third kappa shape index (κ3) is 5.76. The van der Waals surface area contributed by atoms with Gasteiger partial charge in [0.1, 0.15) is 9.96 Å². The number of carbonyl (C=O) groups is 2. The largest absolute Gasteiger partial charge is 0.496 e. The molecule has 2 aromatic heterocycles. The van der Waals surface area contributed by atoms with E-state index in [4.69, 9.17) is 4.74 Å². The molecular formula is C28H29N3O5S2. The van der Waals surface area contributed by atoms with Crippen molar-refractivity contribution < 1.29 is 22.7 Å². The van der Waals surface area contributed by atoms with Crippen LogP contribution in [0.15, 0.2) is 70.4 Å². The molecule has 8 nitrogen and oxygen atoms in total. The van der Waals surface area contributed by atoms with E-state index in [-0.39, 0.29) is 15.7 Å². The molecule has 1 aliphatic carbocycles. The van der Waals surface area contributed by atoms with Crippen LogP contribution in [0.1, 0.15) is 48.0 Å². The number of hydrogen-bond acceptors (Lipinski definition) is 6.